The van der Waals surface area contributed by atoms with E-state index in [1.807, 2.05) is 24.3 Å². The Morgan fingerprint density at radius 1 is 1.47 bits per heavy atom. The van der Waals surface area contributed by atoms with Crippen LogP contribution in [0.5, 0.6) is 0 Å². The molecule has 0 bridgehead atoms. The third-order valence-corrected chi connectivity index (χ3v) is 2.50. The second-order valence-electron chi connectivity index (χ2n) is 3.70. The smallest absolute Gasteiger partial charge is 0.326 e. The van der Waals surface area contributed by atoms with Crippen molar-refractivity contribution in [3.63, 3.8) is 0 Å². The molecule has 5 heteroatoms. The Morgan fingerprint density at radius 3 is 2.94 bits per heavy atom. The van der Waals surface area contributed by atoms with E-state index >= 15 is 0 Å². The molecule has 1 aromatic heterocycles. The fourth-order valence-electron chi connectivity index (χ4n) is 1.54. The van der Waals surface area contributed by atoms with Gasteiger partial charge in [-0.3, -0.25) is 0 Å². The minimum Gasteiger partial charge on any atom is -0.480 e. The molecule has 0 saturated carbocycles. The van der Waals surface area contributed by atoms with Gasteiger partial charge in [0.25, 0.3) is 0 Å². The quantitative estimate of drug-likeness (QED) is 0.840. The summed E-state index contributed by atoms with van der Waals surface area (Å²) in [4.78, 5) is 19.2. The zero-order valence-electron chi connectivity index (χ0n) is 9.42. The predicted molar refractivity (Wildman–Crippen MR) is 64.9 cm³/mol. The molecule has 0 spiro atoms. The second-order valence-corrected chi connectivity index (χ2v) is 3.70. The van der Waals surface area contributed by atoms with Crippen molar-refractivity contribution in [2.24, 2.45) is 0 Å². The Labute approximate surface area is 98.5 Å². The van der Waals surface area contributed by atoms with Crippen LogP contribution in [0.2, 0.25) is 0 Å². The highest BCUT2D eigenvalue weighted by molar-refractivity contribution is 5.80. The Balaban J connectivity index is 2.27. The molecule has 0 radical (unpaired) electrons. The lowest BCUT2D eigenvalue weighted by Gasteiger charge is -2.11. The number of carboxylic acid groups (broad SMARTS) is 1. The van der Waals surface area contributed by atoms with Gasteiger partial charge in [0, 0.05) is 11.6 Å². The fourth-order valence-corrected chi connectivity index (χ4v) is 1.54. The van der Waals surface area contributed by atoms with Crippen molar-refractivity contribution in [1.82, 2.24) is 9.97 Å². The summed E-state index contributed by atoms with van der Waals surface area (Å²) in [5.41, 5.74) is 0.797. The average Bonchev–Trinajstić information content (AvgIpc) is 2.35. The number of benzene rings is 1. The van der Waals surface area contributed by atoms with Gasteiger partial charge in [-0.1, -0.05) is 25.1 Å². The van der Waals surface area contributed by atoms with Gasteiger partial charge >= 0.3 is 5.97 Å². The van der Waals surface area contributed by atoms with Crippen molar-refractivity contribution in [1.29, 1.82) is 0 Å². The van der Waals surface area contributed by atoms with Gasteiger partial charge in [-0.25, -0.2) is 14.8 Å². The van der Waals surface area contributed by atoms with Crippen molar-refractivity contribution in [2.45, 2.75) is 19.4 Å². The second kappa shape index (κ2) is 4.78. The predicted octanol–water partition coefficient (Wildman–Crippen LogP) is 1.90. The lowest BCUT2D eigenvalue weighted by atomic mass is 10.2. The molecule has 0 aliphatic rings. The van der Waals surface area contributed by atoms with Crippen LogP contribution in [0.4, 0.5) is 5.95 Å². The summed E-state index contributed by atoms with van der Waals surface area (Å²) < 4.78 is 0. The number of carboxylic acids is 1. The standard InChI is InChI=1S/C12H13N3O2/c1-2-9(11(16)17)14-12-13-7-8-5-3-4-6-10(8)15-12/h3-7,9H,2H2,1H3,(H,16,17)(H,13,14,15). The molecule has 1 atom stereocenters. The van der Waals surface area contributed by atoms with E-state index in [2.05, 4.69) is 15.3 Å². The van der Waals surface area contributed by atoms with Crippen LogP contribution < -0.4 is 5.32 Å². The van der Waals surface area contributed by atoms with Crippen molar-refractivity contribution in [2.75, 3.05) is 5.32 Å². The first-order chi connectivity index (χ1) is 8.20. The number of fused-ring (bicyclic) bond motifs is 1. The highest BCUT2D eigenvalue weighted by Crippen LogP contribution is 2.12. The zero-order chi connectivity index (χ0) is 12.3. The molecule has 0 aliphatic carbocycles. The number of hydrogen-bond acceptors (Lipinski definition) is 4. The summed E-state index contributed by atoms with van der Waals surface area (Å²) in [7, 11) is 0. The van der Waals surface area contributed by atoms with Crippen LogP contribution in [0, 0.1) is 0 Å². The number of hydrogen-bond donors (Lipinski definition) is 2. The molecule has 5 nitrogen and oxygen atoms in total. The van der Waals surface area contributed by atoms with Crippen LogP contribution in [0.3, 0.4) is 0 Å². The van der Waals surface area contributed by atoms with E-state index in [9.17, 15) is 4.79 Å². The summed E-state index contributed by atoms with van der Waals surface area (Å²) >= 11 is 0. The van der Waals surface area contributed by atoms with Crippen LogP contribution >= 0.6 is 0 Å². The summed E-state index contributed by atoms with van der Waals surface area (Å²) in [5.74, 6) is -0.554. The van der Waals surface area contributed by atoms with Gasteiger partial charge in [0.05, 0.1) is 5.52 Å². The van der Waals surface area contributed by atoms with Crippen molar-refractivity contribution in [3.8, 4) is 0 Å². The molecule has 0 aliphatic heterocycles. The minimum absolute atomic E-state index is 0.345. The Morgan fingerprint density at radius 2 is 2.24 bits per heavy atom. The van der Waals surface area contributed by atoms with E-state index < -0.39 is 12.0 Å². The maximum absolute atomic E-state index is 10.9. The van der Waals surface area contributed by atoms with Crippen molar-refractivity contribution >= 4 is 22.8 Å². The first-order valence-electron chi connectivity index (χ1n) is 5.42. The van der Waals surface area contributed by atoms with Crippen LogP contribution in [-0.4, -0.2) is 27.1 Å². The first kappa shape index (κ1) is 11.3. The molecule has 88 valence electrons. The number of carbonyl (C=O) groups is 1. The van der Waals surface area contributed by atoms with Crippen LogP contribution in [0.25, 0.3) is 10.9 Å². The summed E-state index contributed by atoms with van der Waals surface area (Å²) in [6, 6.07) is 6.91. The maximum Gasteiger partial charge on any atom is 0.326 e. The Kier molecular flexibility index (Phi) is 3.18. The van der Waals surface area contributed by atoms with Gasteiger partial charge < -0.3 is 10.4 Å². The normalized spacial score (nSPS) is 12.3. The Hall–Kier alpha value is -2.17. The molecular weight excluding hydrogens is 218 g/mol. The van der Waals surface area contributed by atoms with Crippen molar-refractivity contribution in [3.05, 3.63) is 30.5 Å². The average molecular weight is 231 g/mol. The fraction of sp³-hybridized carbons (Fsp3) is 0.250. The molecule has 2 aromatic rings. The van der Waals surface area contributed by atoms with Crippen molar-refractivity contribution < 1.29 is 9.90 Å². The monoisotopic (exact) mass is 231 g/mol. The van der Waals surface area contributed by atoms with Gasteiger partial charge in [-0.05, 0) is 12.5 Å². The van der Waals surface area contributed by atoms with E-state index in [1.165, 1.54) is 0 Å². The highest BCUT2D eigenvalue weighted by Gasteiger charge is 2.15. The number of aliphatic carboxylic acids is 1. The van der Waals surface area contributed by atoms with Crippen LogP contribution in [0.15, 0.2) is 30.5 Å². The largest absolute Gasteiger partial charge is 0.480 e. The van der Waals surface area contributed by atoms with E-state index in [-0.39, 0.29) is 0 Å². The highest BCUT2D eigenvalue weighted by atomic mass is 16.4. The van der Waals surface area contributed by atoms with Gasteiger partial charge in [-0.2, -0.15) is 0 Å². The number of nitrogens with zero attached hydrogens (tertiary/aromatic N) is 2. The zero-order valence-corrected chi connectivity index (χ0v) is 9.42. The number of aromatic nitrogens is 2. The molecule has 0 amide bonds. The minimum atomic E-state index is -0.899. The third kappa shape index (κ3) is 2.50. The van der Waals surface area contributed by atoms with Gasteiger partial charge in [0.2, 0.25) is 5.95 Å². The van der Waals surface area contributed by atoms with E-state index in [0.29, 0.717) is 12.4 Å². The third-order valence-electron chi connectivity index (χ3n) is 2.50. The van der Waals surface area contributed by atoms with Crippen LogP contribution in [0.1, 0.15) is 13.3 Å². The molecule has 17 heavy (non-hydrogen) atoms. The molecule has 0 saturated heterocycles. The van der Waals surface area contributed by atoms with Gasteiger partial charge in [0.1, 0.15) is 6.04 Å². The molecule has 2 rings (SSSR count). The number of para-hydroxylation sites is 1. The summed E-state index contributed by atoms with van der Waals surface area (Å²) in [6.07, 6.45) is 2.16. The SMILES string of the molecule is CCC(Nc1ncc2ccccc2n1)C(=O)O. The van der Waals surface area contributed by atoms with Crippen LogP contribution in [-0.2, 0) is 4.79 Å². The molecule has 1 unspecified atom stereocenters. The summed E-state index contributed by atoms with van der Waals surface area (Å²) in [6.45, 7) is 1.80. The first-order valence-corrected chi connectivity index (χ1v) is 5.42. The lowest BCUT2D eigenvalue weighted by molar-refractivity contribution is -0.137. The molecule has 0 fully saturated rings. The molecule has 1 heterocycles. The topological polar surface area (TPSA) is 75.1 Å². The molecule has 1 aromatic carbocycles. The van der Waals surface area contributed by atoms with E-state index in [1.54, 1.807) is 13.1 Å². The Bertz CT molecular complexity index is 542. The van der Waals surface area contributed by atoms with Gasteiger partial charge in [0.15, 0.2) is 0 Å². The molecular formula is C12H13N3O2. The number of anilines is 1. The van der Waals surface area contributed by atoms with Gasteiger partial charge in [-0.15, -0.1) is 0 Å². The summed E-state index contributed by atoms with van der Waals surface area (Å²) in [5, 5.41) is 12.7. The number of nitrogens with one attached hydrogen (secondary N) is 1. The van der Waals surface area contributed by atoms with E-state index in [4.69, 9.17) is 5.11 Å². The maximum atomic E-state index is 10.9. The molecule has 2 N–H and O–H groups in total. The number of rotatable bonds is 4. The van der Waals surface area contributed by atoms with E-state index in [0.717, 1.165) is 10.9 Å². The lowest BCUT2D eigenvalue weighted by Crippen LogP contribution is -2.29.